The van der Waals surface area contributed by atoms with Crippen LogP contribution in [0.5, 0.6) is 10.9 Å². The zero-order chi connectivity index (χ0) is 18.0. The van der Waals surface area contributed by atoms with Crippen molar-refractivity contribution in [2.75, 3.05) is 5.32 Å². The van der Waals surface area contributed by atoms with E-state index in [1.807, 2.05) is 18.2 Å². The molecular formula is C21H25N2OS+. The molecule has 1 heterocycles. The number of aromatic nitrogens is 1. The fraction of sp³-hybridized carbons (Fsp3) is 0.286. The van der Waals surface area contributed by atoms with Gasteiger partial charge < -0.3 is 10.1 Å². The van der Waals surface area contributed by atoms with Gasteiger partial charge >= 0.3 is 5.19 Å². The lowest BCUT2D eigenvalue weighted by Gasteiger charge is -2.20. The van der Waals surface area contributed by atoms with Crippen LogP contribution in [-0.2, 0) is 7.05 Å². The van der Waals surface area contributed by atoms with Crippen LogP contribution in [0, 0.1) is 6.92 Å². The standard InChI is InChI=1S/C21H25N2OS/c1-15-11-13-17(14-12-15)24-20-23(5)18(16-9-7-6-8-10-16)19(25-20)22-21(2,3)4/h6-14,22H,1-5H3/q+1. The van der Waals surface area contributed by atoms with E-state index in [9.17, 15) is 0 Å². The maximum absolute atomic E-state index is 6.16. The van der Waals surface area contributed by atoms with Crippen molar-refractivity contribution < 1.29 is 9.30 Å². The topological polar surface area (TPSA) is 25.1 Å². The molecule has 0 saturated heterocycles. The fourth-order valence-corrected chi connectivity index (χ4v) is 3.84. The summed E-state index contributed by atoms with van der Waals surface area (Å²) in [4.78, 5) is 0. The third kappa shape index (κ3) is 4.20. The van der Waals surface area contributed by atoms with Gasteiger partial charge in [0.05, 0.1) is 0 Å². The van der Waals surface area contributed by atoms with E-state index < -0.39 is 0 Å². The normalized spacial score (nSPS) is 11.4. The Morgan fingerprint density at radius 3 is 2.20 bits per heavy atom. The summed E-state index contributed by atoms with van der Waals surface area (Å²) in [5.74, 6) is 0.851. The second kappa shape index (κ2) is 6.89. The lowest BCUT2D eigenvalue weighted by atomic mass is 10.1. The molecule has 25 heavy (non-hydrogen) atoms. The first-order chi connectivity index (χ1) is 11.8. The molecular weight excluding hydrogens is 328 g/mol. The van der Waals surface area contributed by atoms with Gasteiger partial charge in [-0.05, 0) is 63.3 Å². The van der Waals surface area contributed by atoms with Gasteiger partial charge in [-0.3, -0.25) is 0 Å². The molecule has 2 aromatic carbocycles. The molecule has 0 spiro atoms. The summed E-state index contributed by atoms with van der Waals surface area (Å²) < 4.78 is 8.28. The van der Waals surface area contributed by atoms with E-state index in [1.165, 1.54) is 11.1 Å². The molecule has 3 nitrogen and oxygen atoms in total. The Bertz CT molecular complexity index is 846. The summed E-state index contributed by atoms with van der Waals surface area (Å²) in [6.07, 6.45) is 0. The summed E-state index contributed by atoms with van der Waals surface area (Å²) in [6.45, 7) is 8.58. The zero-order valence-electron chi connectivity index (χ0n) is 15.5. The Labute approximate surface area is 153 Å². The zero-order valence-corrected chi connectivity index (χ0v) is 16.3. The molecule has 0 unspecified atom stereocenters. The first-order valence-corrected chi connectivity index (χ1v) is 9.26. The molecule has 0 fully saturated rings. The van der Waals surface area contributed by atoms with Gasteiger partial charge in [0.1, 0.15) is 12.8 Å². The number of nitrogens with zero attached hydrogens (tertiary/aromatic N) is 1. The van der Waals surface area contributed by atoms with Crippen LogP contribution in [0.25, 0.3) is 11.3 Å². The molecule has 3 rings (SSSR count). The Kier molecular flexibility index (Phi) is 4.82. The molecule has 0 aliphatic rings. The van der Waals surface area contributed by atoms with Crippen molar-refractivity contribution in [3.05, 3.63) is 60.2 Å². The number of benzene rings is 2. The van der Waals surface area contributed by atoms with Crippen molar-refractivity contribution in [3.8, 4) is 22.2 Å². The Hall–Kier alpha value is -2.33. The number of thiazole rings is 1. The average Bonchev–Trinajstić information content (AvgIpc) is 2.84. The molecule has 1 N–H and O–H groups in total. The van der Waals surface area contributed by atoms with Crippen molar-refractivity contribution in [1.82, 2.24) is 0 Å². The van der Waals surface area contributed by atoms with Crippen molar-refractivity contribution in [1.29, 1.82) is 0 Å². The van der Waals surface area contributed by atoms with Gasteiger partial charge in [0.2, 0.25) is 5.69 Å². The summed E-state index contributed by atoms with van der Waals surface area (Å²) in [5.41, 5.74) is 3.51. The van der Waals surface area contributed by atoms with E-state index in [-0.39, 0.29) is 5.54 Å². The van der Waals surface area contributed by atoms with E-state index in [0.717, 1.165) is 21.6 Å². The van der Waals surface area contributed by atoms with E-state index in [4.69, 9.17) is 4.74 Å². The highest BCUT2D eigenvalue weighted by molar-refractivity contribution is 7.17. The highest BCUT2D eigenvalue weighted by Crippen LogP contribution is 2.38. The molecule has 0 bridgehead atoms. The van der Waals surface area contributed by atoms with Gasteiger partial charge in [-0.2, -0.15) is 0 Å². The maximum atomic E-state index is 6.16. The monoisotopic (exact) mass is 353 g/mol. The van der Waals surface area contributed by atoms with Crippen molar-refractivity contribution in [2.45, 2.75) is 33.2 Å². The summed E-state index contributed by atoms with van der Waals surface area (Å²) >= 11 is 1.64. The molecule has 3 aromatic rings. The predicted molar refractivity (Wildman–Crippen MR) is 106 cm³/mol. The van der Waals surface area contributed by atoms with Crippen LogP contribution < -0.4 is 14.6 Å². The third-order valence-corrected chi connectivity index (χ3v) is 4.81. The molecule has 0 amide bonds. The van der Waals surface area contributed by atoms with Crippen molar-refractivity contribution in [2.24, 2.45) is 7.05 Å². The maximum Gasteiger partial charge on any atom is 0.438 e. The van der Waals surface area contributed by atoms with Crippen LogP contribution in [0.4, 0.5) is 5.00 Å². The quantitative estimate of drug-likeness (QED) is 0.622. The molecule has 0 saturated carbocycles. The minimum absolute atomic E-state index is 0.0253. The summed E-state index contributed by atoms with van der Waals surface area (Å²) in [7, 11) is 2.05. The smallest absolute Gasteiger partial charge is 0.397 e. The molecule has 4 heteroatoms. The van der Waals surface area contributed by atoms with Gasteiger partial charge in [-0.25, -0.2) is 0 Å². The van der Waals surface area contributed by atoms with Crippen molar-refractivity contribution >= 4 is 16.3 Å². The molecule has 0 atom stereocenters. The largest absolute Gasteiger partial charge is 0.438 e. The highest BCUT2D eigenvalue weighted by Gasteiger charge is 2.29. The Balaban J connectivity index is 2.03. The SMILES string of the molecule is Cc1ccc(Oc2sc(NC(C)(C)C)c(-c3ccccc3)[n+]2C)cc1. The van der Waals surface area contributed by atoms with Crippen LogP contribution in [-0.4, -0.2) is 5.54 Å². The number of aryl methyl sites for hydroxylation is 1. The number of rotatable bonds is 4. The van der Waals surface area contributed by atoms with Gasteiger partial charge in [-0.1, -0.05) is 35.9 Å². The second-order valence-electron chi connectivity index (χ2n) is 7.26. The van der Waals surface area contributed by atoms with Crippen LogP contribution in [0.3, 0.4) is 0 Å². The van der Waals surface area contributed by atoms with Crippen LogP contribution in [0.15, 0.2) is 54.6 Å². The van der Waals surface area contributed by atoms with Gasteiger partial charge in [0.15, 0.2) is 5.00 Å². The summed E-state index contributed by atoms with van der Waals surface area (Å²) in [5, 5.41) is 5.59. The van der Waals surface area contributed by atoms with Gasteiger partial charge in [0.25, 0.3) is 0 Å². The van der Waals surface area contributed by atoms with Gasteiger partial charge in [0, 0.05) is 11.1 Å². The molecule has 0 aliphatic heterocycles. The number of nitrogens with one attached hydrogen (secondary N) is 1. The van der Waals surface area contributed by atoms with Crippen LogP contribution in [0.1, 0.15) is 26.3 Å². The van der Waals surface area contributed by atoms with Crippen LogP contribution >= 0.6 is 11.3 Å². The van der Waals surface area contributed by atoms with Crippen molar-refractivity contribution in [3.63, 3.8) is 0 Å². The van der Waals surface area contributed by atoms with E-state index >= 15 is 0 Å². The Morgan fingerprint density at radius 1 is 0.960 bits per heavy atom. The van der Waals surface area contributed by atoms with Crippen LogP contribution in [0.2, 0.25) is 0 Å². The second-order valence-corrected chi connectivity index (χ2v) is 8.22. The number of hydrogen-bond acceptors (Lipinski definition) is 3. The van der Waals surface area contributed by atoms with E-state index in [0.29, 0.717) is 0 Å². The summed E-state index contributed by atoms with van der Waals surface area (Å²) in [6, 6.07) is 18.6. The number of hydrogen-bond donors (Lipinski definition) is 1. The van der Waals surface area contributed by atoms with E-state index in [2.05, 4.69) is 81.0 Å². The Morgan fingerprint density at radius 2 is 1.60 bits per heavy atom. The average molecular weight is 354 g/mol. The molecule has 1 aromatic heterocycles. The lowest BCUT2D eigenvalue weighted by molar-refractivity contribution is -0.659. The fourth-order valence-electron chi connectivity index (χ4n) is 2.59. The minimum Gasteiger partial charge on any atom is -0.397 e. The first-order valence-electron chi connectivity index (χ1n) is 8.44. The number of anilines is 1. The molecule has 0 radical (unpaired) electrons. The predicted octanol–water partition coefficient (Wildman–Crippen LogP) is 5.55. The third-order valence-electron chi connectivity index (χ3n) is 3.78. The molecule has 0 aliphatic carbocycles. The highest BCUT2D eigenvalue weighted by atomic mass is 32.1. The molecule has 130 valence electrons. The lowest BCUT2D eigenvalue weighted by Crippen LogP contribution is -2.31. The van der Waals surface area contributed by atoms with Gasteiger partial charge in [-0.15, -0.1) is 4.57 Å². The van der Waals surface area contributed by atoms with E-state index in [1.54, 1.807) is 11.3 Å². The minimum atomic E-state index is -0.0253. The first kappa shape index (κ1) is 17.5. The number of ether oxygens (including phenoxy) is 1.